The Balaban J connectivity index is 1.72. The number of hydrogen-bond donors (Lipinski definition) is 1. The predicted molar refractivity (Wildman–Crippen MR) is 113 cm³/mol. The molecular formula is C22H22N4O4. The Bertz CT molecular complexity index is 1040. The molecule has 0 aliphatic heterocycles. The van der Waals surface area contributed by atoms with E-state index >= 15 is 0 Å². The standard InChI is InChI=1S/C22H22N4O4/c1-4-30-17-10-8-15(9-11-17)18-13-23-14-19(25-18)22(27)26-24-12-16-6-5-7-20(28-2)21(16)29-3/h5-14H,4H2,1-3H3,(H,26,27). The second kappa shape index (κ2) is 10.0. The number of hydrazone groups is 1. The molecule has 154 valence electrons. The number of amides is 1. The van der Waals surface area contributed by atoms with Gasteiger partial charge in [-0.25, -0.2) is 10.4 Å². The molecule has 0 radical (unpaired) electrons. The zero-order chi connectivity index (χ0) is 21.3. The molecule has 0 fully saturated rings. The van der Waals surface area contributed by atoms with Crippen LogP contribution in [-0.2, 0) is 0 Å². The summed E-state index contributed by atoms with van der Waals surface area (Å²) >= 11 is 0. The lowest BCUT2D eigenvalue weighted by Gasteiger charge is -2.09. The maximum Gasteiger partial charge on any atom is 0.291 e. The Morgan fingerprint density at radius 3 is 2.60 bits per heavy atom. The smallest absolute Gasteiger partial charge is 0.291 e. The largest absolute Gasteiger partial charge is 0.494 e. The summed E-state index contributed by atoms with van der Waals surface area (Å²) in [6.45, 7) is 2.52. The number of benzene rings is 2. The van der Waals surface area contributed by atoms with Gasteiger partial charge in [-0.05, 0) is 43.3 Å². The molecule has 0 aliphatic carbocycles. The third-order valence-electron chi connectivity index (χ3n) is 4.13. The number of nitrogens with zero attached hydrogens (tertiary/aromatic N) is 3. The summed E-state index contributed by atoms with van der Waals surface area (Å²) in [5, 5.41) is 3.99. The predicted octanol–water partition coefficient (Wildman–Crippen LogP) is 3.32. The Morgan fingerprint density at radius 1 is 1.10 bits per heavy atom. The molecule has 0 bridgehead atoms. The number of rotatable bonds is 8. The zero-order valence-corrected chi connectivity index (χ0v) is 17.0. The number of ether oxygens (including phenoxy) is 3. The first-order valence-electron chi connectivity index (χ1n) is 9.26. The number of para-hydroxylation sites is 1. The summed E-state index contributed by atoms with van der Waals surface area (Å²) in [6.07, 6.45) is 4.45. The minimum Gasteiger partial charge on any atom is -0.494 e. The fourth-order valence-corrected chi connectivity index (χ4v) is 2.73. The van der Waals surface area contributed by atoms with E-state index in [0.717, 1.165) is 11.3 Å². The van der Waals surface area contributed by atoms with Crippen molar-refractivity contribution in [2.45, 2.75) is 6.92 Å². The summed E-state index contributed by atoms with van der Waals surface area (Å²) in [7, 11) is 3.09. The van der Waals surface area contributed by atoms with Gasteiger partial charge in [-0.1, -0.05) is 6.07 Å². The molecule has 8 heteroatoms. The topological polar surface area (TPSA) is 94.9 Å². The number of aromatic nitrogens is 2. The molecule has 3 aromatic rings. The molecule has 0 atom stereocenters. The normalized spacial score (nSPS) is 10.6. The van der Waals surface area contributed by atoms with Crippen molar-refractivity contribution in [2.75, 3.05) is 20.8 Å². The first-order chi connectivity index (χ1) is 14.7. The van der Waals surface area contributed by atoms with E-state index in [-0.39, 0.29) is 5.69 Å². The lowest BCUT2D eigenvalue weighted by atomic mass is 10.1. The lowest BCUT2D eigenvalue weighted by molar-refractivity contribution is 0.0950. The second-order valence-corrected chi connectivity index (χ2v) is 6.03. The Morgan fingerprint density at radius 2 is 1.90 bits per heavy atom. The molecule has 0 unspecified atom stereocenters. The Kier molecular flexibility index (Phi) is 6.94. The van der Waals surface area contributed by atoms with Gasteiger partial charge in [0.1, 0.15) is 11.4 Å². The van der Waals surface area contributed by atoms with Crippen molar-refractivity contribution in [3.05, 3.63) is 66.1 Å². The van der Waals surface area contributed by atoms with Gasteiger partial charge in [-0.3, -0.25) is 9.78 Å². The number of hydrogen-bond acceptors (Lipinski definition) is 7. The third-order valence-corrected chi connectivity index (χ3v) is 4.13. The Labute approximate surface area is 174 Å². The molecule has 0 saturated heterocycles. The van der Waals surface area contributed by atoms with E-state index in [1.54, 1.807) is 31.5 Å². The first kappa shape index (κ1) is 20.8. The van der Waals surface area contributed by atoms with Crippen LogP contribution >= 0.6 is 0 Å². The van der Waals surface area contributed by atoms with Crippen LogP contribution in [0, 0.1) is 0 Å². The van der Waals surface area contributed by atoms with Gasteiger partial charge in [0.25, 0.3) is 5.91 Å². The van der Waals surface area contributed by atoms with E-state index in [1.807, 2.05) is 31.2 Å². The van der Waals surface area contributed by atoms with Crippen LogP contribution in [0.2, 0.25) is 0 Å². The molecule has 0 saturated carbocycles. The summed E-state index contributed by atoms with van der Waals surface area (Å²) in [5.41, 5.74) is 4.66. The third kappa shape index (κ3) is 4.91. The van der Waals surface area contributed by atoms with Crippen molar-refractivity contribution >= 4 is 12.1 Å². The summed E-state index contributed by atoms with van der Waals surface area (Å²) in [4.78, 5) is 20.9. The highest BCUT2D eigenvalue weighted by Crippen LogP contribution is 2.29. The minimum absolute atomic E-state index is 0.149. The maximum absolute atomic E-state index is 12.4. The molecule has 2 aromatic carbocycles. The molecule has 1 heterocycles. The van der Waals surface area contributed by atoms with Gasteiger partial charge in [0.2, 0.25) is 0 Å². The first-order valence-corrected chi connectivity index (χ1v) is 9.26. The van der Waals surface area contributed by atoms with Gasteiger partial charge in [-0.2, -0.15) is 5.10 Å². The summed E-state index contributed by atoms with van der Waals surface area (Å²) < 4.78 is 16.0. The molecular weight excluding hydrogens is 384 g/mol. The second-order valence-electron chi connectivity index (χ2n) is 6.03. The van der Waals surface area contributed by atoms with Crippen molar-refractivity contribution in [1.82, 2.24) is 15.4 Å². The average Bonchev–Trinajstić information content (AvgIpc) is 2.79. The summed E-state index contributed by atoms with van der Waals surface area (Å²) in [5.74, 6) is 1.39. The van der Waals surface area contributed by atoms with Gasteiger partial charge < -0.3 is 14.2 Å². The molecule has 1 aromatic heterocycles. The van der Waals surface area contributed by atoms with E-state index < -0.39 is 5.91 Å². The van der Waals surface area contributed by atoms with Crippen LogP contribution in [0.3, 0.4) is 0 Å². The van der Waals surface area contributed by atoms with Gasteiger partial charge in [-0.15, -0.1) is 0 Å². The Hall–Kier alpha value is -3.94. The quantitative estimate of drug-likeness (QED) is 0.455. The molecule has 3 rings (SSSR count). The highest BCUT2D eigenvalue weighted by atomic mass is 16.5. The van der Waals surface area contributed by atoms with Gasteiger partial charge in [0, 0.05) is 11.1 Å². The van der Waals surface area contributed by atoms with Crippen LogP contribution in [0.5, 0.6) is 17.2 Å². The number of carbonyl (C=O) groups excluding carboxylic acids is 1. The van der Waals surface area contributed by atoms with Gasteiger partial charge in [0.05, 0.1) is 45.1 Å². The van der Waals surface area contributed by atoms with E-state index in [0.29, 0.717) is 29.4 Å². The zero-order valence-electron chi connectivity index (χ0n) is 17.0. The van der Waals surface area contributed by atoms with E-state index in [4.69, 9.17) is 14.2 Å². The molecule has 0 aliphatic rings. The molecule has 1 amide bonds. The number of nitrogens with one attached hydrogen (secondary N) is 1. The van der Waals surface area contributed by atoms with Crippen molar-refractivity contribution < 1.29 is 19.0 Å². The molecule has 8 nitrogen and oxygen atoms in total. The molecule has 1 N–H and O–H groups in total. The highest BCUT2D eigenvalue weighted by Gasteiger charge is 2.11. The average molecular weight is 406 g/mol. The van der Waals surface area contributed by atoms with E-state index in [9.17, 15) is 4.79 Å². The fourth-order valence-electron chi connectivity index (χ4n) is 2.73. The molecule has 30 heavy (non-hydrogen) atoms. The molecule has 0 spiro atoms. The number of methoxy groups -OCH3 is 2. The SMILES string of the molecule is CCOc1ccc(-c2cncc(C(=O)NN=Cc3cccc(OC)c3OC)n2)cc1. The van der Waals surface area contributed by atoms with Crippen molar-refractivity contribution in [2.24, 2.45) is 5.10 Å². The van der Waals surface area contributed by atoms with Crippen LogP contribution in [-0.4, -0.2) is 42.9 Å². The highest BCUT2D eigenvalue weighted by molar-refractivity contribution is 5.93. The van der Waals surface area contributed by atoms with Crippen LogP contribution < -0.4 is 19.6 Å². The fraction of sp³-hybridized carbons (Fsp3) is 0.182. The van der Waals surface area contributed by atoms with Crippen LogP contribution in [0.15, 0.2) is 60.0 Å². The van der Waals surface area contributed by atoms with Crippen LogP contribution in [0.1, 0.15) is 23.0 Å². The van der Waals surface area contributed by atoms with Gasteiger partial charge in [0.15, 0.2) is 11.5 Å². The minimum atomic E-state index is -0.478. The number of carbonyl (C=O) groups is 1. The van der Waals surface area contributed by atoms with E-state index in [2.05, 4.69) is 20.5 Å². The van der Waals surface area contributed by atoms with Crippen LogP contribution in [0.4, 0.5) is 0 Å². The van der Waals surface area contributed by atoms with Gasteiger partial charge >= 0.3 is 0 Å². The maximum atomic E-state index is 12.4. The van der Waals surface area contributed by atoms with Crippen molar-refractivity contribution in [1.29, 1.82) is 0 Å². The summed E-state index contributed by atoms with van der Waals surface area (Å²) in [6, 6.07) is 12.8. The van der Waals surface area contributed by atoms with Crippen molar-refractivity contribution in [3.63, 3.8) is 0 Å². The monoisotopic (exact) mass is 406 g/mol. The van der Waals surface area contributed by atoms with Crippen molar-refractivity contribution in [3.8, 4) is 28.5 Å². The lowest BCUT2D eigenvalue weighted by Crippen LogP contribution is -2.19. The van der Waals surface area contributed by atoms with Crippen LogP contribution in [0.25, 0.3) is 11.3 Å². The van der Waals surface area contributed by atoms with E-state index in [1.165, 1.54) is 19.5 Å².